The Hall–Kier alpha value is 0.530. The Balaban J connectivity index is 3.42. The Labute approximate surface area is 111 Å². The average molecular weight is 282 g/mol. The Kier molecular flexibility index (Phi) is 12.0. The van der Waals surface area contributed by atoms with Gasteiger partial charge in [-0.05, 0) is 24.6 Å². The molecule has 0 bridgehead atoms. The van der Waals surface area contributed by atoms with Gasteiger partial charge in [-0.1, -0.05) is 52.4 Å². The maximum Gasteiger partial charge on any atom is 0.324 e. The molecule has 0 aromatic carbocycles. The van der Waals surface area contributed by atoms with Crippen LogP contribution in [0.5, 0.6) is 0 Å². The summed E-state index contributed by atoms with van der Waals surface area (Å²) in [5.41, 5.74) is 0. The van der Waals surface area contributed by atoms with Crippen molar-refractivity contribution >= 4 is 18.5 Å². The number of unbranched alkanes of at least 4 members (excludes halogenated alkanes) is 6. The van der Waals surface area contributed by atoms with Crippen molar-refractivity contribution in [3.8, 4) is 0 Å². The van der Waals surface area contributed by atoms with Gasteiger partial charge in [0.05, 0.1) is 13.2 Å². The molecule has 0 atom stereocenters. The van der Waals surface area contributed by atoms with E-state index in [2.05, 4.69) is 13.8 Å². The van der Waals surface area contributed by atoms with E-state index < -0.39 is 6.72 Å². The quantitative estimate of drug-likeness (QED) is 0.425. The van der Waals surface area contributed by atoms with E-state index in [1.807, 2.05) is 0 Å². The van der Waals surface area contributed by atoms with Crippen LogP contribution in [0.15, 0.2) is 0 Å². The fraction of sp³-hybridized carbons (Fsp3) is 1.00. The van der Waals surface area contributed by atoms with Crippen LogP contribution in [0.25, 0.3) is 0 Å². The van der Waals surface area contributed by atoms with Crippen molar-refractivity contribution in [2.75, 3.05) is 13.2 Å². The number of hydrogen-bond donors (Lipinski definition) is 1. The molecule has 3 nitrogen and oxygen atoms in total. The topological polar surface area (TPSA) is 38.7 Å². The summed E-state index contributed by atoms with van der Waals surface area (Å²) in [5, 5.41) is 0. The molecule has 1 N–H and O–H groups in total. The van der Waals surface area contributed by atoms with Crippen molar-refractivity contribution in [2.45, 2.75) is 65.2 Å². The molecular weight excluding hydrogens is 255 g/mol. The lowest BCUT2D eigenvalue weighted by Crippen LogP contribution is -1.98. The fourth-order valence-electron chi connectivity index (χ4n) is 1.45. The zero-order valence-corrected chi connectivity index (χ0v) is 12.9. The first-order valence-electron chi connectivity index (χ1n) is 6.74. The van der Waals surface area contributed by atoms with Crippen molar-refractivity contribution in [3.05, 3.63) is 0 Å². The smallest absolute Gasteiger partial charge is 0.324 e. The van der Waals surface area contributed by atoms with E-state index in [-0.39, 0.29) is 0 Å². The molecule has 0 saturated heterocycles. The van der Waals surface area contributed by atoms with Gasteiger partial charge in [0.2, 0.25) is 0 Å². The minimum absolute atomic E-state index is 0.517. The molecule has 0 unspecified atom stereocenters. The van der Waals surface area contributed by atoms with Crippen LogP contribution in [0.3, 0.4) is 0 Å². The van der Waals surface area contributed by atoms with Crippen LogP contribution in [0.4, 0.5) is 0 Å². The summed E-state index contributed by atoms with van der Waals surface area (Å²) in [4.78, 5) is 9.71. The molecule has 0 aliphatic rings. The third-order valence-electron chi connectivity index (χ3n) is 2.50. The van der Waals surface area contributed by atoms with Gasteiger partial charge in [0.25, 0.3) is 0 Å². The van der Waals surface area contributed by atoms with Crippen molar-refractivity contribution in [2.24, 2.45) is 0 Å². The van der Waals surface area contributed by atoms with Gasteiger partial charge >= 0.3 is 6.72 Å². The molecule has 0 rings (SSSR count). The van der Waals surface area contributed by atoms with E-state index in [1.54, 1.807) is 0 Å². The monoisotopic (exact) mass is 282 g/mol. The third kappa shape index (κ3) is 12.8. The molecule has 0 aliphatic carbocycles. The molecule has 0 heterocycles. The molecule has 0 aromatic heterocycles. The van der Waals surface area contributed by atoms with Crippen molar-refractivity contribution in [1.29, 1.82) is 0 Å². The summed E-state index contributed by atoms with van der Waals surface area (Å²) in [5.74, 6) is 0. The van der Waals surface area contributed by atoms with E-state index >= 15 is 0 Å². The van der Waals surface area contributed by atoms with Crippen LogP contribution in [0.2, 0.25) is 0 Å². The van der Waals surface area contributed by atoms with Gasteiger partial charge in [0.15, 0.2) is 0 Å². The normalized spacial score (nSPS) is 11.9. The lowest BCUT2D eigenvalue weighted by molar-refractivity contribution is 0.191. The first-order valence-corrected chi connectivity index (χ1v) is 9.33. The summed E-state index contributed by atoms with van der Waals surface area (Å²) in [7, 11) is 0. The molecule has 104 valence electrons. The highest BCUT2D eigenvalue weighted by Crippen LogP contribution is 2.43. The second-order valence-corrected chi connectivity index (χ2v) is 7.09. The second kappa shape index (κ2) is 11.6. The SMILES string of the molecule is CCCCCCOP(O)(=S)OCCCCCC. The molecule has 0 amide bonds. The highest BCUT2D eigenvalue weighted by Gasteiger charge is 2.13. The van der Waals surface area contributed by atoms with E-state index in [0.29, 0.717) is 13.2 Å². The van der Waals surface area contributed by atoms with Crippen molar-refractivity contribution in [1.82, 2.24) is 0 Å². The third-order valence-corrected chi connectivity index (χ3v) is 4.15. The van der Waals surface area contributed by atoms with Crippen LogP contribution in [0.1, 0.15) is 65.2 Å². The van der Waals surface area contributed by atoms with Gasteiger partial charge in [-0.3, -0.25) is 0 Å². The minimum Gasteiger partial charge on any atom is -0.324 e. The maximum atomic E-state index is 9.71. The highest BCUT2D eigenvalue weighted by molar-refractivity contribution is 8.07. The molecule has 0 radical (unpaired) electrons. The predicted octanol–water partition coefficient (Wildman–Crippen LogP) is 4.40. The number of hydrogen-bond acceptors (Lipinski definition) is 3. The first kappa shape index (κ1) is 17.5. The minimum atomic E-state index is -2.96. The van der Waals surface area contributed by atoms with E-state index in [0.717, 1.165) is 25.7 Å². The van der Waals surface area contributed by atoms with Crippen LogP contribution < -0.4 is 0 Å². The highest BCUT2D eigenvalue weighted by atomic mass is 32.5. The van der Waals surface area contributed by atoms with Gasteiger partial charge in [0.1, 0.15) is 0 Å². The van der Waals surface area contributed by atoms with Gasteiger partial charge in [-0.15, -0.1) is 0 Å². The van der Waals surface area contributed by atoms with Gasteiger partial charge in [0, 0.05) is 0 Å². The Morgan fingerprint density at radius 2 is 1.24 bits per heavy atom. The van der Waals surface area contributed by atoms with E-state index in [4.69, 9.17) is 20.9 Å². The van der Waals surface area contributed by atoms with Gasteiger partial charge in [-0.25, -0.2) is 0 Å². The molecule has 5 heteroatoms. The zero-order valence-electron chi connectivity index (χ0n) is 11.2. The Morgan fingerprint density at radius 1 is 0.824 bits per heavy atom. The maximum absolute atomic E-state index is 9.71. The van der Waals surface area contributed by atoms with Gasteiger partial charge in [-0.2, -0.15) is 0 Å². The lowest BCUT2D eigenvalue weighted by atomic mass is 10.2. The molecular formula is C12H27O3PS. The number of rotatable bonds is 12. The van der Waals surface area contributed by atoms with Gasteiger partial charge < -0.3 is 13.9 Å². The molecule has 0 fully saturated rings. The zero-order chi connectivity index (χ0) is 13.0. The summed E-state index contributed by atoms with van der Waals surface area (Å²) >= 11 is 4.92. The lowest BCUT2D eigenvalue weighted by Gasteiger charge is -2.15. The largest absolute Gasteiger partial charge is 0.324 e. The van der Waals surface area contributed by atoms with Crippen molar-refractivity contribution < 1.29 is 13.9 Å². The summed E-state index contributed by atoms with van der Waals surface area (Å²) < 4.78 is 10.5. The molecule has 0 aliphatic heterocycles. The Bertz CT molecular complexity index is 194. The fourth-order valence-corrected chi connectivity index (χ4v) is 2.70. The average Bonchev–Trinajstić information content (AvgIpc) is 2.28. The standard InChI is InChI=1S/C12H27O3PS/c1-3-5-7-9-11-14-16(13,17)15-12-10-8-6-4-2/h3-12H2,1-2H3,(H,13,17). The molecule has 17 heavy (non-hydrogen) atoms. The summed E-state index contributed by atoms with van der Waals surface area (Å²) in [6.45, 7) is 2.40. The summed E-state index contributed by atoms with van der Waals surface area (Å²) in [6.07, 6.45) is 8.95. The van der Waals surface area contributed by atoms with Crippen LogP contribution >= 0.6 is 6.72 Å². The second-order valence-electron chi connectivity index (χ2n) is 4.26. The van der Waals surface area contributed by atoms with E-state index in [9.17, 15) is 4.89 Å². The Morgan fingerprint density at radius 3 is 1.59 bits per heavy atom. The van der Waals surface area contributed by atoms with E-state index in [1.165, 1.54) is 25.7 Å². The van der Waals surface area contributed by atoms with Crippen LogP contribution in [-0.4, -0.2) is 18.1 Å². The predicted molar refractivity (Wildman–Crippen MR) is 76.7 cm³/mol. The molecule has 0 spiro atoms. The van der Waals surface area contributed by atoms with Crippen LogP contribution in [-0.2, 0) is 20.9 Å². The first-order chi connectivity index (χ1) is 8.12. The molecule has 0 saturated carbocycles. The summed E-state index contributed by atoms with van der Waals surface area (Å²) in [6, 6.07) is 0. The van der Waals surface area contributed by atoms with Crippen LogP contribution in [0, 0.1) is 0 Å². The molecule has 0 aromatic rings. The van der Waals surface area contributed by atoms with Crippen molar-refractivity contribution in [3.63, 3.8) is 0 Å².